The summed E-state index contributed by atoms with van der Waals surface area (Å²) in [7, 11) is -7.62. The van der Waals surface area contributed by atoms with Crippen molar-refractivity contribution in [2.45, 2.75) is 0 Å². The van der Waals surface area contributed by atoms with Gasteiger partial charge in [0.1, 0.15) is 6.29 Å². The molecule has 0 aliphatic heterocycles. The van der Waals surface area contributed by atoms with Crippen LogP contribution in [0.4, 0.5) is 0 Å². The van der Waals surface area contributed by atoms with E-state index in [1.165, 1.54) is 0 Å². The number of aliphatic hydroxyl groups excluding tert-OH is 1. The minimum atomic E-state index is -4.26. The number of aliphatic hydroxyl groups is 1. The summed E-state index contributed by atoms with van der Waals surface area (Å²) in [6, 6.07) is 0. The molecule has 7 nitrogen and oxygen atoms in total. The van der Waals surface area contributed by atoms with Crippen molar-refractivity contribution in [1.29, 1.82) is 0 Å². The molecule has 0 radical (unpaired) electrons. The number of hydrogen-bond donors (Lipinski definition) is 4. The lowest BCUT2D eigenvalue weighted by atomic mass is 10.6. The van der Waals surface area contributed by atoms with Gasteiger partial charge in [0, 0.05) is 13.2 Å². The summed E-state index contributed by atoms with van der Waals surface area (Å²) in [4.78, 5) is 27.3. The van der Waals surface area contributed by atoms with E-state index in [4.69, 9.17) is 19.8 Å². The van der Waals surface area contributed by atoms with E-state index in [9.17, 15) is 9.13 Å². The molecule has 0 fully saturated rings. The molecule has 0 bridgehead atoms. The first-order chi connectivity index (χ1) is 6.14. The van der Waals surface area contributed by atoms with Crippen LogP contribution in [-0.4, -0.2) is 57.1 Å². The van der Waals surface area contributed by atoms with Crippen LogP contribution in [0.2, 0.25) is 0 Å². The monoisotopic (exact) mass is 247 g/mol. The Balaban J connectivity index is 4.31. The molecular weight excluding hydrogens is 232 g/mol. The van der Waals surface area contributed by atoms with Crippen LogP contribution in [0, 0.1) is 0 Å². The molecule has 4 N–H and O–H groups in total. The highest BCUT2D eigenvalue weighted by Crippen LogP contribution is 2.40. The molecule has 0 heterocycles. The molecule has 0 aliphatic rings. The van der Waals surface area contributed by atoms with Crippen molar-refractivity contribution < 1.29 is 28.9 Å². The maximum absolute atomic E-state index is 11.0. The molecule has 0 aliphatic carbocycles. The Hall–Kier alpha value is 0.260. The summed E-state index contributed by atoms with van der Waals surface area (Å²) in [5, 5.41) is 8.56. The summed E-state index contributed by atoms with van der Waals surface area (Å²) in [6.45, 7) is 0.737. The predicted molar refractivity (Wildman–Crippen MR) is 51.3 cm³/mol. The fourth-order valence-electron chi connectivity index (χ4n) is 0.959. The highest BCUT2D eigenvalue weighted by molar-refractivity contribution is 7.57. The first-order valence-corrected chi connectivity index (χ1v) is 7.90. The van der Waals surface area contributed by atoms with E-state index in [0.29, 0.717) is 0 Å². The summed E-state index contributed by atoms with van der Waals surface area (Å²) >= 11 is 0. The average Bonchev–Trinajstić information content (AvgIpc) is 1.78. The van der Waals surface area contributed by atoms with Crippen LogP contribution in [0.5, 0.6) is 0 Å². The Labute approximate surface area is 82.0 Å². The van der Waals surface area contributed by atoms with Crippen molar-refractivity contribution in [1.82, 2.24) is 4.90 Å². The number of rotatable bonds is 6. The highest BCUT2D eigenvalue weighted by Gasteiger charge is 2.23. The lowest BCUT2D eigenvalue weighted by Gasteiger charge is -2.22. The maximum atomic E-state index is 11.0. The summed E-state index contributed by atoms with van der Waals surface area (Å²) in [6.07, 6.45) is -0.954. The smallest absolute Gasteiger partial charge is 0.339 e. The molecule has 0 saturated heterocycles. The highest BCUT2D eigenvalue weighted by atomic mass is 31.2. The standard InChI is InChI=1S/C5H15NO6P2/c1-13(8,9)4-6(2-3-7)5-14(10,11)12/h7H,2-5H2,1H3,(H,8,9)(H2,10,11,12). The Morgan fingerprint density at radius 1 is 1.14 bits per heavy atom. The first-order valence-electron chi connectivity index (χ1n) is 3.81. The largest absolute Gasteiger partial charge is 0.395 e. The molecule has 86 valence electrons. The summed E-state index contributed by atoms with van der Waals surface area (Å²) in [5.41, 5.74) is 0. The van der Waals surface area contributed by atoms with Crippen LogP contribution < -0.4 is 0 Å². The minimum Gasteiger partial charge on any atom is -0.395 e. The molecule has 1 atom stereocenters. The van der Waals surface area contributed by atoms with Gasteiger partial charge in [-0.25, -0.2) is 0 Å². The van der Waals surface area contributed by atoms with Gasteiger partial charge in [-0.1, -0.05) is 0 Å². The molecule has 1 unspecified atom stereocenters. The van der Waals surface area contributed by atoms with E-state index < -0.39 is 21.3 Å². The predicted octanol–water partition coefficient (Wildman–Crippen LogP) is -0.726. The van der Waals surface area contributed by atoms with Gasteiger partial charge in [-0.05, 0) is 0 Å². The van der Waals surface area contributed by atoms with Gasteiger partial charge in [0.05, 0.1) is 12.9 Å². The molecule has 0 saturated carbocycles. The van der Waals surface area contributed by atoms with Crippen LogP contribution in [-0.2, 0) is 9.13 Å². The van der Waals surface area contributed by atoms with Gasteiger partial charge in [0.15, 0.2) is 0 Å². The fourth-order valence-corrected chi connectivity index (χ4v) is 2.86. The topological polar surface area (TPSA) is 118 Å². The molecule has 0 aromatic heterocycles. The Morgan fingerprint density at radius 3 is 1.93 bits per heavy atom. The van der Waals surface area contributed by atoms with Crippen LogP contribution in [0.15, 0.2) is 0 Å². The van der Waals surface area contributed by atoms with Gasteiger partial charge in [-0.3, -0.25) is 14.0 Å². The molecular formula is C5H15NO6P2. The van der Waals surface area contributed by atoms with Gasteiger partial charge >= 0.3 is 7.60 Å². The number of nitrogens with zero attached hydrogens (tertiary/aromatic N) is 1. The van der Waals surface area contributed by atoms with E-state index in [0.717, 1.165) is 11.6 Å². The van der Waals surface area contributed by atoms with Crippen molar-refractivity contribution >= 4 is 15.0 Å². The van der Waals surface area contributed by atoms with Crippen molar-refractivity contribution in [3.8, 4) is 0 Å². The molecule has 0 aromatic rings. The lowest BCUT2D eigenvalue weighted by Crippen LogP contribution is -2.29. The van der Waals surface area contributed by atoms with Gasteiger partial charge < -0.3 is 19.8 Å². The number of hydrogen-bond acceptors (Lipinski definition) is 4. The molecule has 0 spiro atoms. The molecule has 0 aromatic carbocycles. The third-order valence-electron chi connectivity index (χ3n) is 1.26. The Kier molecular flexibility index (Phi) is 5.47. The normalized spacial score (nSPS) is 17.0. The van der Waals surface area contributed by atoms with Crippen molar-refractivity contribution in [2.75, 3.05) is 32.4 Å². The van der Waals surface area contributed by atoms with E-state index in [-0.39, 0.29) is 19.4 Å². The Morgan fingerprint density at radius 2 is 1.64 bits per heavy atom. The lowest BCUT2D eigenvalue weighted by molar-refractivity contribution is 0.218. The quantitative estimate of drug-likeness (QED) is 0.457. The third-order valence-corrected chi connectivity index (χ3v) is 2.96. The van der Waals surface area contributed by atoms with E-state index in [1.807, 2.05) is 0 Å². The van der Waals surface area contributed by atoms with Gasteiger partial charge in [-0.15, -0.1) is 0 Å². The summed E-state index contributed by atoms with van der Waals surface area (Å²) in [5.74, 6) is 0. The second kappa shape index (κ2) is 5.37. The zero-order valence-corrected chi connectivity index (χ0v) is 9.56. The molecule has 0 amide bonds. The van der Waals surface area contributed by atoms with Gasteiger partial charge in [0.25, 0.3) is 0 Å². The Bertz CT molecular complexity index is 233. The second-order valence-corrected chi connectivity index (χ2v) is 7.11. The van der Waals surface area contributed by atoms with E-state index in [2.05, 4.69) is 0 Å². The van der Waals surface area contributed by atoms with Gasteiger partial charge in [0.2, 0.25) is 7.37 Å². The van der Waals surface area contributed by atoms with Crippen molar-refractivity contribution in [2.24, 2.45) is 0 Å². The SMILES string of the molecule is CP(=O)(O)CN(CCO)CP(=O)(O)O. The minimum absolute atomic E-state index is 0.0382. The van der Waals surface area contributed by atoms with Crippen LogP contribution in [0.25, 0.3) is 0 Å². The van der Waals surface area contributed by atoms with Crippen molar-refractivity contribution in [3.05, 3.63) is 0 Å². The average molecular weight is 247 g/mol. The zero-order valence-electron chi connectivity index (χ0n) is 7.78. The maximum Gasteiger partial charge on any atom is 0.339 e. The third kappa shape index (κ3) is 8.84. The van der Waals surface area contributed by atoms with Crippen molar-refractivity contribution in [3.63, 3.8) is 0 Å². The van der Waals surface area contributed by atoms with Gasteiger partial charge in [-0.2, -0.15) is 0 Å². The van der Waals surface area contributed by atoms with E-state index >= 15 is 0 Å². The van der Waals surface area contributed by atoms with Crippen LogP contribution in [0.1, 0.15) is 0 Å². The van der Waals surface area contributed by atoms with E-state index in [1.54, 1.807) is 0 Å². The van der Waals surface area contributed by atoms with Crippen LogP contribution in [0.3, 0.4) is 0 Å². The first kappa shape index (κ1) is 14.3. The fraction of sp³-hybridized carbons (Fsp3) is 1.00. The van der Waals surface area contributed by atoms with Crippen LogP contribution >= 0.6 is 15.0 Å². The molecule has 0 rings (SSSR count). The summed E-state index contributed by atoms with van der Waals surface area (Å²) < 4.78 is 21.6. The molecule has 14 heavy (non-hydrogen) atoms. The second-order valence-electron chi connectivity index (χ2n) is 3.12. The zero-order chi connectivity index (χ0) is 11.4. The molecule has 9 heteroatoms.